The predicted octanol–water partition coefficient (Wildman–Crippen LogP) is 2.34. The Balaban J connectivity index is 1.91. The fourth-order valence-corrected chi connectivity index (χ4v) is 3.47. The van der Waals surface area contributed by atoms with Crippen molar-refractivity contribution in [1.82, 2.24) is 15.1 Å². The minimum absolute atomic E-state index is 0.0519. The molecule has 2 fully saturated rings. The normalized spacial score (nSPS) is 23.2. The van der Waals surface area contributed by atoms with Gasteiger partial charge in [0, 0.05) is 33.2 Å². The van der Waals surface area contributed by atoms with Gasteiger partial charge in [0.15, 0.2) is 0 Å². The molecule has 1 saturated carbocycles. The Hall–Kier alpha value is -1.28. The first kappa shape index (κ1) is 16.1. The van der Waals surface area contributed by atoms with Crippen molar-refractivity contribution in [1.29, 1.82) is 5.26 Å². The Morgan fingerprint density at radius 1 is 1.19 bits per heavy atom. The summed E-state index contributed by atoms with van der Waals surface area (Å²) in [5.41, 5.74) is -0.432. The number of carbonyl (C=O) groups excluding carboxylic acids is 1. The summed E-state index contributed by atoms with van der Waals surface area (Å²) in [5.74, 6) is 0. The highest BCUT2D eigenvalue weighted by molar-refractivity contribution is 5.74. The van der Waals surface area contributed by atoms with Crippen molar-refractivity contribution < 1.29 is 4.79 Å². The quantitative estimate of drug-likeness (QED) is 0.795. The molecule has 0 aromatic carbocycles. The van der Waals surface area contributed by atoms with Gasteiger partial charge < -0.3 is 9.80 Å². The molecule has 0 bridgehead atoms. The van der Waals surface area contributed by atoms with Gasteiger partial charge >= 0.3 is 6.03 Å². The lowest BCUT2D eigenvalue weighted by molar-refractivity contribution is 0.136. The summed E-state index contributed by atoms with van der Waals surface area (Å²) in [5, 5.41) is 13.3. The summed E-state index contributed by atoms with van der Waals surface area (Å²) < 4.78 is 0. The van der Waals surface area contributed by atoms with Crippen LogP contribution in [0.2, 0.25) is 0 Å². The maximum atomic E-state index is 12.0. The number of hydrogen-bond acceptors (Lipinski definition) is 3. The summed E-state index contributed by atoms with van der Waals surface area (Å²) in [4.78, 5) is 15.4. The van der Waals surface area contributed by atoms with E-state index in [1.807, 2.05) is 4.90 Å². The third-order valence-electron chi connectivity index (χ3n) is 4.82. The number of carbonyl (C=O) groups is 1. The first-order chi connectivity index (χ1) is 10.1. The minimum atomic E-state index is -0.432. The van der Waals surface area contributed by atoms with Gasteiger partial charge in [0.1, 0.15) is 5.54 Å². The fraction of sp³-hybridized carbons (Fsp3) is 0.875. The number of amides is 2. The highest BCUT2D eigenvalue weighted by Gasteiger charge is 2.37. The first-order valence-corrected chi connectivity index (χ1v) is 8.21. The second kappa shape index (κ2) is 7.13. The third kappa shape index (κ3) is 4.10. The smallest absolute Gasteiger partial charge is 0.319 e. The zero-order valence-corrected chi connectivity index (χ0v) is 13.4. The Labute approximate surface area is 128 Å². The molecule has 118 valence electrons. The monoisotopic (exact) mass is 292 g/mol. The topological polar surface area (TPSA) is 59.4 Å². The average molecular weight is 292 g/mol. The maximum absolute atomic E-state index is 12.0. The molecule has 21 heavy (non-hydrogen) atoms. The molecule has 5 heteroatoms. The van der Waals surface area contributed by atoms with E-state index in [1.54, 1.807) is 19.0 Å². The fourth-order valence-electron chi connectivity index (χ4n) is 3.47. The number of rotatable bonds is 2. The van der Waals surface area contributed by atoms with Crippen molar-refractivity contribution in [2.45, 2.75) is 62.9 Å². The zero-order chi connectivity index (χ0) is 15.3. The molecule has 1 aliphatic carbocycles. The van der Waals surface area contributed by atoms with Gasteiger partial charge in [-0.25, -0.2) is 4.79 Å². The highest BCUT2D eigenvalue weighted by atomic mass is 16.2. The molecule has 1 N–H and O–H groups in total. The van der Waals surface area contributed by atoms with Crippen LogP contribution in [0.5, 0.6) is 0 Å². The minimum Gasteiger partial charge on any atom is -0.331 e. The van der Waals surface area contributed by atoms with Crippen molar-refractivity contribution >= 4 is 6.03 Å². The van der Waals surface area contributed by atoms with Crippen molar-refractivity contribution in [3.05, 3.63) is 0 Å². The number of nitrogens with one attached hydrogen (secondary N) is 1. The van der Waals surface area contributed by atoms with Crippen LogP contribution in [-0.2, 0) is 0 Å². The molecule has 1 saturated heterocycles. The van der Waals surface area contributed by atoms with E-state index in [9.17, 15) is 10.1 Å². The Morgan fingerprint density at radius 2 is 1.76 bits per heavy atom. The van der Waals surface area contributed by atoms with Gasteiger partial charge in [-0.3, -0.25) is 5.32 Å². The predicted molar refractivity (Wildman–Crippen MR) is 82.9 cm³/mol. The van der Waals surface area contributed by atoms with Crippen LogP contribution in [0, 0.1) is 11.3 Å². The lowest BCUT2D eigenvalue weighted by Gasteiger charge is -2.40. The average Bonchev–Trinajstić information content (AvgIpc) is 2.75. The van der Waals surface area contributed by atoms with Crippen LogP contribution in [0.4, 0.5) is 4.79 Å². The SMILES string of the molecule is CN(C)C(=O)N1CCC(C#N)(NC2CCCCCC2)CC1. The van der Waals surface area contributed by atoms with Crippen LogP contribution in [0.1, 0.15) is 51.4 Å². The van der Waals surface area contributed by atoms with Crippen LogP contribution in [0.25, 0.3) is 0 Å². The van der Waals surface area contributed by atoms with Crippen molar-refractivity contribution in [2.75, 3.05) is 27.2 Å². The van der Waals surface area contributed by atoms with Gasteiger partial charge in [-0.1, -0.05) is 25.7 Å². The Morgan fingerprint density at radius 3 is 2.24 bits per heavy atom. The highest BCUT2D eigenvalue weighted by Crippen LogP contribution is 2.26. The van der Waals surface area contributed by atoms with E-state index in [2.05, 4.69) is 11.4 Å². The number of hydrogen-bond donors (Lipinski definition) is 1. The van der Waals surface area contributed by atoms with Crippen LogP contribution in [0.15, 0.2) is 0 Å². The molecule has 0 aromatic rings. The molecule has 0 aromatic heterocycles. The molecule has 0 unspecified atom stereocenters. The summed E-state index contributed by atoms with van der Waals surface area (Å²) in [7, 11) is 3.55. The molecule has 0 atom stereocenters. The number of urea groups is 1. The van der Waals surface area contributed by atoms with Gasteiger partial charge in [-0.05, 0) is 25.7 Å². The second-order valence-electron chi connectivity index (χ2n) is 6.69. The summed E-state index contributed by atoms with van der Waals surface area (Å²) in [6, 6.07) is 3.04. The molecular formula is C16H28N4O. The summed E-state index contributed by atoms with van der Waals surface area (Å²) in [6.45, 7) is 1.34. The molecule has 0 radical (unpaired) electrons. The molecule has 1 aliphatic heterocycles. The van der Waals surface area contributed by atoms with Gasteiger partial charge in [-0.2, -0.15) is 5.26 Å². The molecule has 2 amide bonds. The molecule has 2 rings (SSSR count). The first-order valence-electron chi connectivity index (χ1n) is 8.21. The lowest BCUT2D eigenvalue weighted by atomic mass is 9.87. The van der Waals surface area contributed by atoms with Gasteiger partial charge in [0.05, 0.1) is 6.07 Å². The van der Waals surface area contributed by atoms with Crippen LogP contribution < -0.4 is 5.32 Å². The molecule has 0 spiro atoms. The standard InChI is InChI=1S/C16H28N4O/c1-19(2)15(21)20-11-9-16(13-17,10-12-20)18-14-7-5-3-4-6-8-14/h14,18H,3-12H2,1-2H3. The third-order valence-corrected chi connectivity index (χ3v) is 4.82. The van der Waals surface area contributed by atoms with E-state index in [1.165, 1.54) is 38.5 Å². The van der Waals surface area contributed by atoms with E-state index in [0.717, 1.165) is 12.8 Å². The van der Waals surface area contributed by atoms with E-state index in [4.69, 9.17) is 0 Å². The largest absolute Gasteiger partial charge is 0.331 e. The van der Waals surface area contributed by atoms with Gasteiger partial charge in [0.25, 0.3) is 0 Å². The van der Waals surface area contributed by atoms with Crippen molar-refractivity contribution in [3.8, 4) is 6.07 Å². The van der Waals surface area contributed by atoms with Gasteiger partial charge in [0.2, 0.25) is 0 Å². The second-order valence-corrected chi connectivity index (χ2v) is 6.69. The molecule has 5 nitrogen and oxygen atoms in total. The molecular weight excluding hydrogens is 264 g/mol. The Kier molecular flexibility index (Phi) is 5.46. The number of nitriles is 1. The van der Waals surface area contributed by atoms with E-state index in [-0.39, 0.29) is 6.03 Å². The maximum Gasteiger partial charge on any atom is 0.319 e. The Bertz CT molecular complexity index is 386. The number of nitrogens with zero attached hydrogens (tertiary/aromatic N) is 3. The summed E-state index contributed by atoms with van der Waals surface area (Å²) in [6.07, 6.45) is 9.02. The van der Waals surface area contributed by atoms with E-state index < -0.39 is 5.54 Å². The van der Waals surface area contributed by atoms with Crippen LogP contribution in [0.3, 0.4) is 0 Å². The van der Waals surface area contributed by atoms with Crippen LogP contribution in [-0.4, -0.2) is 54.6 Å². The van der Waals surface area contributed by atoms with Crippen molar-refractivity contribution in [3.63, 3.8) is 0 Å². The zero-order valence-electron chi connectivity index (χ0n) is 13.4. The van der Waals surface area contributed by atoms with E-state index in [0.29, 0.717) is 19.1 Å². The van der Waals surface area contributed by atoms with Crippen molar-refractivity contribution in [2.24, 2.45) is 0 Å². The lowest BCUT2D eigenvalue weighted by Crippen LogP contribution is -2.57. The van der Waals surface area contributed by atoms with Gasteiger partial charge in [-0.15, -0.1) is 0 Å². The van der Waals surface area contributed by atoms with E-state index >= 15 is 0 Å². The number of piperidine rings is 1. The molecule has 1 heterocycles. The summed E-state index contributed by atoms with van der Waals surface area (Å²) >= 11 is 0. The molecule has 2 aliphatic rings. The van der Waals surface area contributed by atoms with Crippen LogP contribution >= 0.6 is 0 Å². The number of likely N-dealkylation sites (tertiary alicyclic amines) is 1.